The van der Waals surface area contributed by atoms with Crippen LogP contribution in [0.15, 0.2) is 60.9 Å². The summed E-state index contributed by atoms with van der Waals surface area (Å²) in [6.07, 6.45) is 2.99. The lowest BCUT2D eigenvalue weighted by atomic mass is 9.98. The largest absolute Gasteiger partial charge is 0.505 e. The van der Waals surface area contributed by atoms with Gasteiger partial charge in [0.15, 0.2) is 0 Å². The van der Waals surface area contributed by atoms with E-state index in [-0.39, 0.29) is 17.9 Å². The Morgan fingerprint density at radius 2 is 1.65 bits per heavy atom. The van der Waals surface area contributed by atoms with Gasteiger partial charge in [0.25, 0.3) is 0 Å². The summed E-state index contributed by atoms with van der Waals surface area (Å²) in [5, 5.41) is 2.90. The highest BCUT2D eigenvalue weighted by Gasteiger charge is 2.29. The van der Waals surface area contributed by atoms with Crippen molar-refractivity contribution in [3.05, 3.63) is 72.0 Å². The van der Waals surface area contributed by atoms with Gasteiger partial charge in [0.1, 0.15) is 6.61 Å². The van der Waals surface area contributed by atoms with Gasteiger partial charge in [0.05, 0.1) is 19.4 Å². The van der Waals surface area contributed by atoms with E-state index in [1.165, 1.54) is 22.3 Å². The van der Waals surface area contributed by atoms with E-state index < -0.39 is 6.09 Å². The Hall–Kier alpha value is -2.75. The third-order valence-electron chi connectivity index (χ3n) is 4.77. The Morgan fingerprint density at radius 1 is 1.08 bits per heavy atom. The first kappa shape index (κ1) is 18.1. The molecular formula is C22H25NO3. The molecule has 0 heterocycles. The van der Waals surface area contributed by atoms with Crippen LogP contribution in [-0.2, 0) is 9.47 Å². The zero-order chi connectivity index (χ0) is 18.5. The predicted molar refractivity (Wildman–Crippen MR) is 103 cm³/mol. The average molecular weight is 351 g/mol. The van der Waals surface area contributed by atoms with Crippen molar-refractivity contribution >= 4 is 6.09 Å². The van der Waals surface area contributed by atoms with Crippen molar-refractivity contribution < 1.29 is 14.3 Å². The van der Waals surface area contributed by atoms with Gasteiger partial charge in [-0.3, -0.25) is 0 Å². The lowest BCUT2D eigenvalue weighted by molar-refractivity contribution is 0.138. The van der Waals surface area contributed by atoms with Crippen LogP contribution in [0, 0.1) is 5.92 Å². The van der Waals surface area contributed by atoms with Gasteiger partial charge in [-0.1, -0.05) is 62.4 Å². The van der Waals surface area contributed by atoms with Gasteiger partial charge < -0.3 is 14.8 Å². The molecule has 0 fully saturated rings. The molecule has 136 valence electrons. The number of ether oxygens (including phenoxy) is 2. The van der Waals surface area contributed by atoms with E-state index in [9.17, 15) is 4.79 Å². The van der Waals surface area contributed by atoms with Crippen LogP contribution in [0.1, 0.15) is 30.9 Å². The van der Waals surface area contributed by atoms with Crippen LogP contribution >= 0.6 is 0 Å². The average Bonchev–Trinajstić information content (AvgIpc) is 2.97. The molecule has 2 aromatic carbocycles. The lowest BCUT2D eigenvalue weighted by Crippen LogP contribution is -2.38. The molecule has 4 nitrogen and oxygen atoms in total. The summed E-state index contributed by atoms with van der Waals surface area (Å²) in [4.78, 5) is 12.3. The maximum atomic E-state index is 12.3. The zero-order valence-corrected chi connectivity index (χ0v) is 15.4. The smallest absolute Gasteiger partial charge is 0.407 e. The second kappa shape index (κ2) is 8.09. The molecule has 0 aliphatic heterocycles. The minimum absolute atomic E-state index is 0.0696. The van der Waals surface area contributed by atoms with Gasteiger partial charge in [-0.15, -0.1) is 0 Å². The Labute approximate surface area is 154 Å². The summed E-state index contributed by atoms with van der Waals surface area (Å²) in [7, 11) is 1.58. The Kier molecular flexibility index (Phi) is 5.61. The molecule has 0 unspecified atom stereocenters. The van der Waals surface area contributed by atoms with Crippen molar-refractivity contribution in [2.24, 2.45) is 5.92 Å². The number of alkyl carbamates (subject to hydrolysis) is 1. The van der Waals surface area contributed by atoms with E-state index in [1.807, 2.05) is 44.2 Å². The molecule has 3 rings (SSSR count). The fraction of sp³-hybridized carbons (Fsp3) is 0.318. The van der Waals surface area contributed by atoms with E-state index in [4.69, 9.17) is 9.47 Å². The fourth-order valence-electron chi connectivity index (χ4n) is 3.38. The topological polar surface area (TPSA) is 47.6 Å². The molecule has 1 amide bonds. The van der Waals surface area contributed by atoms with E-state index in [2.05, 4.69) is 29.6 Å². The molecule has 26 heavy (non-hydrogen) atoms. The molecule has 0 spiro atoms. The number of nitrogens with one attached hydrogen (secondary N) is 1. The van der Waals surface area contributed by atoms with Crippen molar-refractivity contribution in [1.29, 1.82) is 0 Å². The second-order valence-corrected chi connectivity index (χ2v) is 6.80. The molecule has 1 atom stereocenters. The minimum atomic E-state index is -0.411. The highest BCUT2D eigenvalue weighted by Crippen LogP contribution is 2.44. The first-order chi connectivity index (χ1) is 12.6. The molecule has 0 bridgehead atoms. The standard InChI is InChI=1S/C22H25NO3/c1-15(2)21(12-13-25-3)23-22(24)26-14-20-18-10-6-4-8-16(18)17-9-5-7-11-19(17)20/h4-13,15,20-21H,14H2,1-3H3,(H,23,24)/b13-12+/t21-/m1/s1. The number of hydrogen-bond donors (Lipinski definition) is 1. The third kappa shape index (κ3) is 3.74. The van der Waals surface area contributed by atoms with Gasteiger partial charge in [-0.25, -0.2) is 4.79 Å². The maximum absolute atomic E-state index is 12.3. The number of rotatable bonds is 6. The summed E-state index contributed by atoms with van der Waals surface area (Å²) < 4.78 is 10.5. The SMILES string of the molecule is CO/C=C/[C@@H](NC(=O)OCC1c2ccccc2-c2ccccc21)C(C)C. The number of benzene rings is 2. The van der Waals surface area contributed by atoms with Crippen LogP contribution in [0.25, 0.3) is 11.1 Å². The minimum Gasteiger partial charge on any atom is -0.505 e. The van der Waals surface area contributed by atoms with E-state index in [0.717, 1.165) is 0 Å². The Balaban J connectivity index is 1.70. The highest BCUT2D eigenvalue weighted by atomic mass is 16.5. The van der Waals surface area contributed by atoms with E-state index in [1.54, 1.807) is 13.4 Å². The fourth-order valence-corrected chi connectivity index (χ4v) is 3.38. The Bertz CT molecular complexity index is 752. The molecule has 1 aliphatic rings. The molecule has 0 saturated carbocycles. The summed E-state index contributed by atoms with van der Waals surface area (Å²) >= 11 is 0. The van der Waals surface area contributed by atoms with E-state index >= 15 is 0 Å². The van der Waals surface area contributed by atoms with Gasteiger partial charge in [-0.2, -0.15) is 0 Å². The molecule has 0 radical (unpaired) electrons. The van der Waals surface area contributed by atoms with Crippen molar-refractivity contribution in [2.75, 3.05) is 13.7 Å². The molecule has 2 aromatic rings. The van der Waals surface area contributed by atoms with Gasteiger partial charge in [0.2, 0.25) is 0 Å². The van der Waals surface area contributed by atoms with Gasteiger partial charge in [-0.05, 0) is 34.2 Å². The first-order valence-corrected chi connectivity index (χ1v) is 8.92. The van der Waals surface area contributed by atoms with Gasteiger partial charge >= 0.3 is 6.09 Å². The summed E-state index contributed by atoms with van der Waals surface area (Å²) in [5.74, 6) is 0.307. The van der Waals surface area contributed by atoms with Crippen LogP contribution in [0.5, 0.6) is 0 Å². The normalized spacial score (nSPS) is 14.2. The zero-order valence-electron chi connectivity index (χ0n) is 15.4. The number of fused-ring (bicyclic) bond motifs is 3. The third-order valence-corrected chi connectivity index (χ3v) is 4.77. The van der Waals surface area contributed by atoms with Crippen molar-refractivity contribution in [2.45, 2.75) is 25.8 Å². The first-order valence-electron chi connectivity index (χ1n) is 8.92. The van der Waals surface area contributed by atoms with Crippen LogP contribution in [0.3, 0.4) is 0 Å². The summed E-state index contributed by atoms with van der Waals surface area (Å²) in [6, 6.07) is 16.5. The molecule has 0 saturated heterocycles. The number of amides is 1. The van der Waals surface area contributed by atoms with Crippen LogP contribution in [0.2, 0.25) is 0 Å². The molecule has 1 aliphatic carbocycles. The predicted octanol–water partition coefficient (Wildman–Crippen LogP) is 4.71. The summed E-state index contributed by atoms with van der Waals surface area (Å²) in [5.41, 5.74) is 4.86. The maximum Gasteiger partial charge on any atom is 0.407 e. The number of methoxy groups -OCH3 is 1. The lowest BCUT2D eigenvalue weighted by Gasteiger charge is -2.20. The van der Waals surface area contributed by atoms with Crippen molar-refractivity contribution in [3.63, 3.8) is 0 Å². The quantitative estimate of drug-likeness (QED) is 0.767. The Morgan fingerprint density at radius 3 is 2.19 bits per heavy atom. The highest BCUT2D eigenvalue weighted by molar-refractivity contribution is 5.79. The molecule has 1 N–H and O–H groups in total. The van der Waals surface area contributed by atoms with Gasteiger partial charge in [0, 0.05) is 5.92 Å². The molecular weight excluding hydrogens is 326 g/mol. The van der Waals surface area contributed by atoms with Crippen molar-refractivity contribution in [3.8, 4) is 11.1 Å². The van der Waals surface area contributed by atoms with Crippen molar-refractivity contribution in [1.82, 2.24) is 5.32 Å². The molecule has 0 aromatic heterocycles. The van der Waals surface area contributed by atoms with Crippen LogP contribution in [-0.4, -0.2) is 25.9 Å². The number of carbonyl (C=O) groups is 1. The van der Waals surface area contributed by atoms with E-state index in [0.29, 0.717) is 6.61 Å². The second-order valence-electron chi connectivity index (χ2n) is 6.80. The number of carbonyl (C=O) groups excluding carboxylic acids is 1. The number of hydrogen-bond acceptors (Lipinski definition) is 3. The molecule has 4 heteroatoms. The monoisotopic (exact) mass is 351 g/mol. The van der Waals surface area contributed by atoms with Crippen LogP contribution < -0.4 is 5.32 Å². The summed E-state index contributed by atoms with van der Waals surface area (Å²) in [6.45, 7) is 4.39. The van der Waals surface area contributed by atoms with Crippen LogP contribution in [0.4, 0.5) is 4.79 Å².